The Morgan fingerprint density at radius 1 is 1.21 bits per heavy atom. The van der Waals surface area contributed by atoms with E-state index in [1.807, 2.05) is 4.90 Å². The number of hydrogen-bond donors (Lipinski definition) is 0. The first kappa shape index (κ1) is 18.3. The van der Waals surface area contributed by atoms with Crippen LogP contribution in [0.15, 0.2) is 0 Å². The first-order valence-corrected chi connectivity index (χ1v) is 10.7. The van der Waals surface area contributed by atoms with Crippen molar-refractivity contribution in [2.24, 2.45) is 17.8 Å². The summed E-state index contributed by atoms with van der Waals surface area (Å²) in [5.74, 6) is 0.0523. The number of carbonyl (C=O) groups excluding carboxylic acids is 1. The van der Waals surface area contributed by atoms with E-state index in [0.717, 1.165) is 38.3 Å². The molecule has 3 fully saturated rings. The SMILES string of the molecule is CC(=O)CC1[C@H]2CN(c3nc(N4CC[C@H]4C)nc4c3CCCCC4(F)F)C[C@@H]12. The molecule has 0 aromatic carbocycles. The molecule has 0 spiro atoms. The van der Waals surface area contributed by atoms with Crippen molar-refractivity contribution < 1.29 is 13.6 Å². The summed E-state index contributed by atoms with van der Waals surface area (Å²) in [6.45, 7) is 6.22. The Morgan fingerprint density at radius 3 is 2.57 bits per heavy atom. The van der Waals surface area contributed by atoms with E-state index in [-0.39, 0.29) is 17.9 Å². The van der Waals surface area contributed by atoms with Crippen LogP contribution in [0.2, 0.25) is 0 Å². The van der Waals surface area contributed by atoms with Crippen LogP contribution < -0.4 is 9.80 Å². The van der Waals surface area contributed by atoms with E-state index >= 15 is 0 Å². The first-order chi connectivity index (χ1) is 13.3. The van der Waals surface area contributed by atoms with Gasteiger partial charge in [-0.25, -0.2) is 4.98 Å². The summed E-state index contributed by atoms with van der Waals surface area (Å²) in [7, 11) is 0. The molecule has 2 aliphatic carbocycles. The third-order valence-corrected chi connectivity index (χ3v) is 7.26. The van der Waals surface area contributed by atoms with Gasteiger partial charge >= 0.3 is 0 Å². The highest BCUT2D eigenvalue weighted by Crippen LogP contribution is 2.55. The van der Waals surface area contributed by atoms with Crippen molar-refractivity contribution in [3.63, 3.8) is 0 Å². The van der Waals surface area contributed by atoms with Crippen LogP contribution in [0.4, 0.5) is 20.5 Å². The van der Waals surface area contributed by atoms with Gasteiger partial charge in [0.25, 0.3) is 5.92 Å². The van der Waals surface area contributed by atoms with Gasteiger partial charge < -0.3 is 14.6 Å². The molecule has 0 amide bonds. The lowest BCUT2D eigenvalue weighted by Gasteiger charge is -2.39. The van der Waals surface area contributed by atoms with Gasteiger partial charge in [-0.2, -0.15) is 13.8 Å². The molecule has 1 unspecified atom stereocenters. The fourth-order valence-electron chi connectivity index (χ4n) is 5.42. The van der Waals surface area contributed by atoms with Gasteiger partial charge in [0.2, 0.25) is 5.95 Å². The fourth-order valence-corrected chi connectivity index (χ4v) is 5.42. The summed E-state index contributed by atoms with van der Waals surface area (Å²) in [5, 5.41) is 0. The van der Waals surface area contributed by atoms with Gasteiger partial charge in [-0.15, -0.1) is 0 Å². The summed E-state index contributed by atoms with van der Waals surface area (Å²) >= 11 is 0. The summed E-state index contributed by atoms with van der Waals surface area (Å²) < 4.78 is 29.8. The molecule has 3 heterocycles. The Morgan fingerprint density at radius 2 is 1.96 bits per heavy atom. The topological polar surface area (TPSA) is 49.3 Å². The van der Waals surface area contributed by atoms with Crippen LogP contribution >= 0.6 is 0 Å². The predicted molar refractivity (Wildman–Crippen MR) is 103 cm³/mol. The maximum absolute atomic E-state index is 14.9. The number of halogens is 2. The zero-order chi connectivity index (χ0) is 19.6. The van der Waals surface area contributed by atoms with Gasteiger partial charge in [-0.05, 0) is 57.3 Å². The van der Waals surface area contributed by atoms with E-state index in [1.54, 1.807) is 6.92 Å². The fraction of sp³-hybridized carbons (Fsp3) is 0.762. The van der Waals surface area contributed by atoms with Crippen molar-refractivity contribution >= 4 is 17.5 Å². The number of piperidine rings is 1. The molecular weight excluding hydrogens is 362 g/mol. The third-order valence-electron chi connectivity index (χ3n) is 7.26. The first-order valence-electron chi connectivity index (χ1n) is 10.7. The van der Waals surface area contributed by atoms with E-state index in [2.05, 4.69) is 16.8 Å². The van der Waals surface area contributed by atoms with Crippen LogP contribution in [-0.4, -0.2) is 41.4 Å². The van der Waals surface area contributed by atoms with E-state index in [1.165, 1.54) is 0 Å². The number of rotatable bonds is 4. The van der Waals surface area contributed by atoms with Crippen LogP contribution in [0.3, 0.4) is 0 Å². The zero-order valence-corrected chi connectivity index (χ0v) is 16.6. The standard InChI is InChI=1S/C21H28F2N4O/c1-12-6-8-27(12)20-24-18-14(5-3-4-7-21(18,22)23)19(25-20)26-10-16-15(9-13(2)28)17(16)11-26/h12,15-17H,3-11H2,1-2H3/t12-,15?,16-,17+/m1/s1. The number of Topliss-reactive ketones (excluding diaryl/α,β-unsaturated/α-hetero) is 1. The minimum absolute atomic E-state index is 0.0371. The van der Waals surface area contributed by atoms with E-state index in [0.29, 0.717) is 54.6 Å². The third kappa shape index (κ3) is 2.89. The highest BCUT2D eigenvalue weighted by molar-refractivity contribution is 5.76. The van der Waals surface area contributed by atoms with Gasteiger partial charge in [0.1, 0.15) is 17.3 Å². The van der Waals surface area contributed by atoms with Gasteiger partial charge in [0, 0.05) is 44.1 Å². The zero-order valence-electron chi connectivity index (χ0n) is 16.6. The monoisotopic (exact) mass is 390 g/mol. The van der Waals surface area contributed by atoms with Crippen molar-refractivity contribution in [1.29, 1.82) is 0 Å². The average molecular weight is 390 g/mol. The number of aromatic nitrogens is 2. The molecule has 5 rings (SSSR count). The molecule has 4 aliphatic rings. The Labute approximate surface area is 164 Å². The Bertz CT molecular complexity index is 802. The van der Waals surface area contributed by atoms with Crippen LogP contribution in [-0.2, 0) is 17.1 Å². The van der Waals surface area contributed by atoms with Crippen LogP contribution in [0.25, 0.3) is 0 Å². The van der Waals surface area contributed by atoms with Crippen molar-refractivity contribution in [3.8, 4) is 0 Å². The molecule has 2 saturated heterocycles. The number of ketones is 1. The maximum Gasteiger partial charge on any atom is 0.290 e. The minimum atomic E-state index is -2.88. The molecular formula is C21H28F2N4O. The Hall–Kier alpha value is -1.79. The number of fused-ring (bicyclic) bond motifs is 2. The minimum Gasteiger partial charge on any atom is -0.356 e. The maximum atomic E-state index is 14.9. The van der Waals surface area contributed by atoms with Crippen LogP contribution in [0.1, 0.15) is 57.2 Å². The van der Waals surface area contributed by atoms with Gasteiger partial charge in [-0.1, -0.05) is 0 Å². The molecule has 28 heavy (non-hydrogen) atoms. The predicted octanol–water partition coefficient (Wildman–Crippen LogP) is 3.55. The molecule has 2 aliphatic heterocycles. The second-order valence-corrected chi connectivity index (χ2v) is 9.22. The smallest absolute Gasteiger partial charge is 0.290 e. The van der Waals surface area contributed by atoms with E-state index in [4.69, 9.17) is 4.98 Å². The molecule has 1 aromatic rings. The number of anilines is 2. The molecule has 152 valence electrons. The summed E-state index contributed by atoms with van der Waals surface area (Å²) in [6, 6.07) is 0.303. The molecule has 5 nitrogen and oxygen atoms in total. The van der Waals surface area contributed by atoms with Crippen molar-refractivity contribution in [2.75, 3.05) is 29.4 Å². The van der Waals surface area contributed by atoms with E-state index in [9.17, 15) is 13.6 Å². The lowest BCUT2D eigenvalue weighted by atomic mass is 10.0. The molecule has 1 saturated carbocycles. The molecule has 0 bridgehead atoms. The van der Waals surface area contributed by atoms with Gasteiger partial charge in [-0.3, -0.25) is 0 Å². The lowest BCUT2D eigenvalue weighted by Crippen LogP contribution is -2.47. The van der Waals surface area contributed by atoms with Crippen LogP contribution in [0.5, 0.6) is 0 Å². The average Bonchev–Trinajstić information content (AvgIpc) is 3.10. The summed E-state index contributed by atoms with van der Waals surface area (Å²) in [5.41, 5.74) is 0.619. The summed E-state index contributed by atoms with van der Waals surface area (Å²) in [4.78, 5) is 24.9. The molecule has 0 radical (unpaired) electrons. The number of nitrogens with zero attached hydrogens (tertiary/aromatic N) is 4. The Kier molecular flexibility index (Phi) is 4.14. The van der Waals surface area contributed by atoms with Crippen molar-refractivity contribution in [1.82, 2.24) is 9.97 Å². The molecule has 0 N–H and O–H groups in total. The highest BCUT2D eigenvalue weighted by atomic mass is 19.3. The second kappa shape index (κ2) is 6.36. The van der Waals surface area contributed by atoms with Gasteiger partial charge in [0.05, 0.1) is 0 Å². The number of alkyl halides is 2. The molecule has 1 aromatic heterocycles. The number of hydrogen-bond acceptors (Lipinski definition) is 5. The van der Waals surface area contributed by atoms with Crippen molar-refractivity contribution in [3.05, 3.63) is 11.3 Å². The normalized spacial score (nSPS) is 33.0. The number of carbonyl (C=O) groups is 1. The second-order valence-electron chi connectivity index (χ2n) is 9.22. The largest absolute Gasteiger partial charge is 0.356 e. The lowest BCUT2D eigenvalue weighted by molar-refractivity contribution is -0.117. The van der Waals surface area contributed by atoms with E-state index < -0.39 is 5.92 Å². The molecule has 4 atom stereocenters. The van der Waals surface area contributed by atoms with Crippen LogP contribution in [0, 0.1) is 17.8 Å². The highest BCUT2D eigenvalue weighted by Gasteiger charge is 2.56. The summed E-state index contributed by atoms with van der Waals surface area (Å²) in [6.07, 6.45) is 3.47. The van der Waals surface area contributed by atoms with Gasteiger partial charge in [0.15, 0.2) is 0 Å². The molecule has 7 heteroatoms. The Balaban J connectivity index is 1.49. The quantitative estimate of drug-likeness (QED) is 0.736. The van der Waals surface area contributed by atoms with Crippen molar-refractivity contribution in [2.45, 2.75) is 64.3 Å².